The summed E-state index contributed by atoms with van der Waals surface area (Å²) in [4.78, 5) is 32.1. The Morgan fingerprint density at radius 1 is 1.00 bits per heavy atom. The second kappa shape index (κ2) is 13.4. The van der Waals surface area contributed by atoms with Gasteiger partial charge in [0.05, 0.1) is 30.7 Å². The van der Waals surface area contributed by atoms with Crippen LogP contribution < -0.4 is 10.1 Å². The highest BCUT2D eigenvalue weighted by Crippen LogP contribution is 2.36. The first-order chi connectivity index (χ1) is 21.8. The number of allylic oxidation sites excluding steroid dienone is 1. The molecule has 5 aliphatic heterocycles. The van der Waals surface area contributed by atoms with E-state index in [0.717, 1.165) is 23.3 Å². The molecule has 46 heavy (non-hydrogen) atoms. The van der Waals surface area contributed by atoms with Gasteiger partial charge in [-0.05, 0) is 86.6 Å². The van der Waals surface area contributed by atoms with E-state index in [1.165, 1.54) is 21.5 Å². The van der Waals surface area contributed by atoms with Crippen molar-refractivity contribution >= 4 is 27.7 Å². The van der Waals surface area contributed by atoms with Crippen LogP contribution >= 0.6 is 0 Å². The summed E-state index contributed by atoms with van der Waals surface area (Å²) in [5.74, 6) is -0.841. The first kappa shape index (κ1) is 33.5. The molecule has 0 atom stereocenters. The Morgan fingerprint density at radius 3 is 2.48 bits per heavy atom. The molecule has 2 aromatic carbocycles. The third kappa shape index (κ3) is 7.55. The summed E-state index contributed by atoms with van der Waals surface area (Å²) in [7, 11) is -2.03. The molecular formula is C32H37F3N4O6S. The summed E-state index contributed by atoms with van der Waals surface area (Å²) in [6.07, 6.45) is 0.0847. The first-order valence-electron chi connectivity index (χ1n) is 15.1. The molecule has 0 aromatic heterocycles. The average molecular weight is 663 g/mol. The lowest BCUT2D eigenvalue weighted by Crippen LogP contribution is -2.50. The number of amides is 2. The van der Waals surface area contributed by atoms with E-state index in [-0.39, 0.29) is 74.4 Å². The van der Waals surface area contributed by atoms with Gasteiger partial charge in [0.1, 0.15) is 23.7 Å². The standard InChI is InChI=1S/C32H37F3N4O6S/c1-22-18-24-7-6-23(22)8-17-46(42,43)39-11-9-31(10-12-39)30(41)36-28(37-31)25-19-26(32(33,34)35)21-27(20-25)45-15-5-3-4-14-44-16-13-38(2)29(24)40/h4,6-7,14,18-21H,3,5,8-13,15-17H2,1-2H3,(H,36,37,41)/b14-4+. The fourth-order valence-electron chi connectivity index (χ4n) is 5.69. The summed E-state index contributed by atoms with van der Waals surface area (Å²) in [5, 5.41) is 2.63. The van der Waals surface area contributed by atoms with Crippen LogP contribution in [0, 0.1) is 6.92 Å². The number of sulfonamides is 1. The van der Waals surface area contributed by atoms with Gasteiger partial charge in [-0.25, -0.2) is 12.7 Å². The predicted octanol–water partition coefficient (Wildman–Crippen LogP) is 4.07. The van der Waals surface area contributed by atoms with Crippen molar-refractivity contribution in [2.45, 2.75) is 50.7 Å². The molecule has 0 saturated carbocycles. The van der Waals surface area contributed by atoms with E-state index in [2.05, 4.69) is 10.3 Å². The Morgan fingerprint density at radius 2 is 1.76 bits per heavy atom. The van der Waals surface area contributed by atoms with Crippen molar-refractivity contribution in [3.05, 3.63) is 76.6 Å². The maximum atomic E-state index is 13.8. The van der Waals surface area contributed by atoms with E-state index >= 15 is 0 Å². The lowest BCUT2D eigenvalue weighted by molar-refractivity contribution is -0.137. The molecule has 2 aromatic rings. The van der Waals surface area contributed by atoms with Crippen LogP contribution in [0.3, 0.4) is 0 Å². The Kier molecular flexibility index (Phi) is 9.78. The first-order valence-corrected chi connectivity index (χ1v) is 16.7. The number of aryl methyl sites for hydroxylation is 2. The normalized spacial score (nSPS) is 25.2. The number of aliphatic imine (C=N–C) groups is 1. The minimum atomic E-state index is -4.66. The summed E-state index contributed by atoms with van der Waals surface area (Å²) in [5.41, 5.74) is -0.0697. The zero-order valence-corrected chi connectivity index (χ0v) is 26.5. The predicted molar refractivity (Wildman–Crippen MR) is 165 cm³/mol. The lowest BCUT2D eigenvalue weighted by atomic mass is 9.89. The number of carbonyl (C=O) groups is 2. The zero-order chi connectivity index (χ0) is 33.1. The number of fused-ring (bicyclic) bond motifs is 2. The molecule has 2 amide bonds. The molecule has 0 unspecified atom stereocenters. The highest BCUT2D eigenvalue weighted by Gasteiger charge is 2.47. The number of alkyl halides is 3. The fraction of sp³-hybridized carbons (Fsp3) is 0.469. The summed E-state index contributed by atoms with van der Waals surface area (Å²) < 4.78 is 80.4. The number of rotatable bonds is 0. The van der Waals surface area contributed by atoms with E-state index in [1.54, 1.807) is 31.3 Å². The third-order valence-corrected chi connectivity index (χ3v) is 10.4. The van der Waals surface area contributed by atoms with Crippen molar-refractivity contribution in [2.75, 3.05) is 45.6 Å². The monoisotopic (exact) mass is 662 g/mol. The minimum Gasteiger partial charge on any atom is -0.500 e. The van der Waals surface area contributed by atoms with Gasteiger partial charge in [-0.1, -0.05) is 6.07 Å². The van der Waals surface area contributed by atoms with Gasteiger partial charge in [0, 0.05) is 31.3 Å². The van der Waals surface area contributed by atoms with Crippen molar-refractivity contribution in [3.63, 3.8) is 0 Å². The number of hydrogen-bond acceptors (Lipinski definition) is 7. The molecular weight excluding hydrogens is 625 g/mol. The second-order valence-electron chi connectivity index (χ2n) is 11.8. The average Bonchev–Trinajstić information content (AvgIpc) is 3.33. The maximum Gasteiger partial charge on any atom is 0.416 e. The van der Waals surface area contributed by atoms with E-state index in [1.807, 2.05) is 6.92 Å². The SMILES string of the molecule is Cc1cc2ccc1CCS(=O)(=O)N1CCC3(CC1)N=C(NC3=O)c1cc(cc(C(F)(F)F)c1)OCCC/C=C/OCCN(C)C2=O. The molecule has 5 aliphatic rings. The highest BCUT2D eigenvalue weighted by atomic mass is 32.2. The van der Waals surface area contributed by atoms with Crippen molar-refractivity contribution in [1.29, 1.82) is 0 Å². The highest BCUT2D eigenvalue weighted by molar-refractivity contribution is 7.89. The molecule has 1 saturated heterocycles. The fourth-order valence-corrected chi connectivity index (χ4v) is 7.17. The van der Waals surface area contributed by atoms with Gasteiger partial charge in [-0.15, -0.1) is 0 Å². The Labute approximate surface area is 266 Å². The number of carbonyl (C=O) groups excluding carboxylic acids is 2. The zero-order valence-electron chi connectivity index (χ0n) is 25.7. The van der Waals surface area contributed by atoms with Crippen LogP contribution in [0.1, 0.15) is 58.3 Å². The van der Waals surface area contributed by atoms with Gasteiger partial charge in [0.2, 0.25) is 10.0 Å². The summed E-state index contributed by atoms with van der Waals surface area (Å²) in [6, 6.07) is 8.44. The number of halogens is 3. The molecule has 7 rings (SSSR count). The minimum absolute atomic E-state index is 0.00209. The smallest absolute Gasteiger partial charge is 0.416 e. The number of hydrogen-bond donors (Lipinski definition) is 1. The second-order valence-corrected chi connectivity index (χ2v) is 13.8. The van der Waals surface area contributed by atoms with Crippen LogP contribution in [0.15, 0.2) is 53.7 Å². The molecule has 7 bridgehead atoms. The number of piperidine rings is 1. The van der Waals surface area contributed by atoms with Gasteiger partial charge < -0.3 is 19.7 Å². The number of amidine groups is 1. The molecule has 0 aliphatic carbocycles. The van der Waals surface area contributed by atoms with Gasteiger partial charge in [0.25, 0.3) is 11.8 Å². The van der Waals surface area contributed by atoms with Crippen molar-refractivity contribution in [1.82, 2.24) is 14.5 Å². The maximum absolute atomic E-state index is 13.8. The van der Waals surface area contributed by atoms with Crippen LogP contribution in [0.5, 0.6) is 5.75 Å². The molecule has 0 radical (unpaired) electrons. The molecule has 1 spiro atoms. The number of benzene rings is 2. The van der Waals surface area contributed by atoms with Crippen molar-refractivity contribution < 1.29 is 40.7 Å². The van der Waals surface area contributed by atoms with Gasteiger partial charge in [-0.3, -0.25) is 14.6 Å². The number of likely N-dealkylation sites (N-methyl/N-ethyl adjacent to an activating group) is 1. The van der Waals surface area contributed by atoms with Crippen LogP contribution in [-0.4, -0.2) is 86.5 Å². The number of nitrogens with zero attached hydrogens (tertiary/aromatic N) is 3. The number of nitrogens with one attached hydrogen (secondary N) is 1. The Bertz CT molecular complexity index is 1650. The lowest BCUT2D eigenvalue weighted by Gasteiger charge is -2.34. The van der Waals surface area contributed by atoms with E-state index in [9.17, 15) is 31.2 Å². The quantitative estimate of drug-likeness (QED) is 0.455. The van der Waals surface area contributed by atoms with Gasteiger partial charge in [0.15, 0.2) is 0 Å². The van der Waals surface area contributed by atoms with E-state index in [0.29, 0.717) is 24.9 Å². The van der Waals surface area contributed by atoms with Crippen LogP contribution in [0.25, 0.3) is 0 Å². The van der Waals surface area contributed by atoms with Crippen molar-refractivity contribution in [3.8, 4) is 5.75 Å². The summed E-state index contributed by atoms with van der Waals surface area (Å²) in [6.45, 7) is 2.65. The largest absolute Gasteiger partial charge is 0.500 e. The van der Waals surface area contributed by atoms with Crippen molar-refractivity contribution in [2.24, 2.45) is 4.99 Å². The number of ether oxygens (including phenoxy) is 2. The molecule has 5 heterocycles. The van der Waals surface area contributed by atoms with E-state index in [4.69, 9.17) is 9.47 Å². The molecule has 1 N–H and O–H groups in total. The Balaban J connectivity index is 1.40. The molecule has 14 heteroatoms. The van der Waals surface area contributed by atoms with Crippen LogP contribution in [-0.2, 0) is 32.2 Å². The van der Waals surface area contributed by atoms with Crippen LogP contribution in [0.4, 0.5) is 13.2 Å². The Hall–Kier alpha value is -3.91. The molecule has 248 valence electrons. The topological polar surface area (TPSA) is 118 Å². The third-order valence-electron chi connectivity index (χ3n) is 8.52. The van der Waals surface area contributed by atoms with Gasteiger partial charge >= 0.3 is 6.18 Å². The molecule has 1 fully saturated rings. The summed E-state index contributed by atoms with van der Waals surface area (Å²) >= 11 is 0. The van der Waals surface area contributed by atoms with Crippen LogP contribution in [0.2, 0.25) is 0 Å². The van der Waals surface area contributed by atoms with Gasteiger partial charge in [-0.2, -0.15) is 13.2 Å². The molecule has 10 nitrogen and oxygen atoms in total. The van der Waals surface area contributed by atoms with E-state index < -0.39 is 33.2 Å².